The summed E-state index contributed by atoms with van der Waals surface area (Å²) in [4.78, 5) is 4.36. The molecule has 0 aromatic heterocycles. The molecule has 0 spiro atoms. The van der Waals surface area contributed by atoms with E-state index in [9.17, 15) is 0 Å². The number of aliphatic imine (C=N–C) groups is 1. The van der Waals surface area contributed by atoms with Gasteiger partial charge in [-0.2, -0.15) is 0 Å². The van der Waals surface area contributed by atoms with E-state index in [2.05, 4.69) is 52.2 Å². The molecule has 1 aromatic carbocycles. The lowest BCUT2D eigenvalue weighted by Gasteiger charge is -2.28. The van der Waals surface area contributed by atoms with Crippen molar-refractivity contribution in [2.45, 2.75) is 19.9 Å². The van der Waals surface area contributed by atoms with Gasteiger partial charge in [-0.25, -0.2) is 0 Å². The first kappa shape index (κ1) is 11.2. The van der Waals surface area contributed by atoms with E-state index in [-0.39, 0.29) is 0 Å². The van der Waals surface area contributed by atoms with Gasteiger partial charge in [0, 0.05) is 24.8 Å². The zero-order valence-electron chi connectivity index (χ0n) is 10.8. The van der Waals surface area contributed by atoms with Crippen LogP contribution in [0.4, 0.5) is 17.1 Å². The van der Waals surface area contributed by atoms with Gasteiger partial charge in [-0.05, 0) is 31.5 Å². The first-order chi connectivity index (χ1) is 8.74. The highest BCUT2D eigenvalue weighted by Gasteiger charge is 2.17. The Labute approximate surface area is 107 Å². The number of hydrogen-bond acceptors (Lipinski definition) is 5. The second kappa shape index (κ2) is 4.40. The maximum atomic E-state index is 4.36. The van der Waals surface area contributed by atoms with Crippen LogP contribution in [0.25, 0.3) is 0 Å². The number of anilines is 3. The van der Waals surface area contributed by atoms with Crippen molar-refractivity contribution in [3.05, 3.63) is 17.7 Å². The summed E-state index contributed by atoms with van der Waals surface area (Å²) in [5.74, 6) is 0.870. The van der Waals surface area contributed by atoms with Crippen molar-refractivity contribution in [2.75, 3.05) is 35.6 Å². The monoisotopic (exact) mass is 245 g/mol. The van der Waals surface area contributed by atoms with E-state index in [1.54, 1.807) is 0 Å². The van der Waals surface area contributed by atoms with Gasteiger partial charge in [-0.1, -0.05) is 0 Å². The number of hydrogen-bond donors (Lipinski definition) is 4. The Kier molecular flexibility index (Phi) is 2.74. The molecule has 0 radical (unpaired) electrons. The molecule has 0 amide bonds. The fourth-order valence-electron chi connectivity index (χ4n) is 2.35. The van der Waals surface area contributed by atoms with Crippen molar-refractivity contribution in [3.8, 4) is 0 Å². The minimum Gasteiger partial charge on any atom is -0.381 e. The van der Waals surface area contributed by atoms with Gasteiger partial charge in [-0.3, -0.25) is 4.99 Å². The predicted octanol–water partition coefficient (Wildman–Crippen LogP) is 1.59. The summed E-state index contributed by atoms with van der Waals surface area (Å²) in [6, 6.07) is 4.66. The molecule has 2 aliphatic heterocycles. The van der Waals surface area contributed by atoms with E-state index in [0.29, 0.717) is 6.04 Å². The van der Waals surface area contributed by atoms with Crippen LogP contribution in [-0.2, 0) is 0 Å². The van der Waals surface area contributed by atoms with Crippen molar-refractivity contribution in [2.24, 2.45) is 4.99 Å². The highest BCUT2D eigenvalue weighted by atomic mass is 15.2. The minimum atomic E-state index is 0.452. The number of nitrogens with zero attached hydrogens (tertiary/aromatic N) is 1. The molecule has 5 heteroatoms. The van der Waals surface area contributed by atoms with Gasteiger partial charge in [0.25, 0.3) is 0 Å². The van der Waals surface area contributed by atoms with Crippen molar-refractivity contribution in [1.29, 1.82) is 0 Å². The molecule has 0 fully saturated rings. The van der Waals surface area contributed by atoms with E-state index in [1.165, 1.54) is 16.9 Å². The van der Waals surface area contributed by atoms with Crippen LogP contribution in [-0.4, -0.2) is 31.6 Å². The summed E-state index contributed by atoms with van der Waals surface area (Å²) in [5.41, 5.74) is 4.70. The SMILES string of the molecule is Cc1c(NC2=NCCN2)ccc2c1NC(C)CN2. The van der Waals surface area contributed by atoms with Crippen LogP contribution in [0, 0.1) is 6.92 Å². The Morgan fingerprint density at radius 1 is 1.33 bits per heavy atom. The standard InChI is InChI=1S/C13H19N5/c1-8-7-16-11-4-3-10(9(2)12(11)17-8)18-13-14-5-6-15-13/h3-4,8,16-17H,5-7H2,1-2H3,(H2,14,15,18). The number of guanidine groups is 1. The van der Waals surface area contributed by atoms with Crippen LogP contribution in [0.3, 0.4) is 0 Å². The molecule has 1 atom stereocenters. The lowest BCUT2D eigenvalue weighted by molar-refractivity contribution is 0.816. The zero-order chi connectivity index (χ0) is 12.5. The molecule has 1 aromatic rings. The first-order valence-electron chi connectivity index (χ1n) is 6.43. The molecule has 0 saturated heterocycles. The molecule has 0 aliphatic carbocycles. The normalized spacial score (nSPS) is 21.2. The van der Waals surface area contributed by atoms with Crippen LogP contribution in [0.15, 0.2) is 17.1 Å². The molecule has 0 saturated carbocycles. The quantitative estimate of drug-likeness (QED) is 0.607. The molecule has 0 bridgehead atoms. The summed E-state index contributed by atoms with van der Waals surface area (Å²) in [6.07, 6.45) is 0. The number of rotatable bonds is 1. The average molecular weight is 245 g/mol. The van der Waals surface area contributed by atoms with E-state index in [1.807, 2.05) is 0 Å². The van der Waals surface area contributed by atoms with Crippen molar-refractivity contribution in [3.63, 3.8) is 0 Å². The Bertz CT molecular complexity index is 494. The lowest BCUT2D eigenvalue weighted by Crippen LogP contribution is -2.31. The summed E-state index contributed by atoms with van der Waals surface area (Å²) < 4.78 is 0. The highest BCUT2D eigenvalue weighted by molar-refractivity contribution is 5.97. The third-order valence-corrected chi connectivity index (χ3v) is 3.38. The Morgan fingerprint density at radius 2 is 2.22 bits per heavy atom. The Balaban J connectivity index is 1.89. The Morgan fingerprint density at radius 3 is 3.00 bits per heavy atom. The second-order valence-electron chi connectivity index (χ2n) is 4.87. The maximum absolute atomic E-state index is 4.36. The van der Waals surface area contributed by atoms with Crippen LogP contribution in [0.2, 0.25) is 0 Å². The van der Waals surface area contributed by atoms with Gasteiger partial charge in [0.2, 0.25) is 0 Å². The van der Waals surface area contributed by atoms with Crippen molar-refractivity contribution in [1.82, 2.24) is 5.32 Å². The fraction of sp³-hybridized carbons (Fsp3) is 0.462. The lowest BCUT2D eigenvalue weighted by atomic mass is 10.1. The largest absolute Gasteiger partial charge is 0.381 e. The van der Waals surface area contributed by atoms with Crippen molar-refractivity contribution < 1.29 is 0 Å². The number of benzene rings is 1. The third kappa shape index (κ3) is 1.96. The third-order valence-electron chi connectivity index (χ3n) is 3.38. The molecule has 1 unspecified atom stereocenters. The van der Waals surface area contributed by atoms with Gasteiger partial charge in [0.1, 0.15) is 0 Å². The molecule has 96 valence electrons. The van der Waals surface area contributed by atoms with Crippen molar-refractivity contribution >= 4 is 23.0 Å². The smallest absolute Gasteiger partial charge is 0.195 e. The van der Waals surface area contributed by atoms with Crippen LogP contribution < -0.4 is 21.3 Å². The van der Waals surface area contributed by atoms with Gasteiger partial charge >= 0.3 is 0 Å². The van der Waals surface area contributed by atoms with Crippen LogP contribution in [0.1, 0.15) is 12.5 Å². The van der Waals surface area contributed by atoms with Crippen LogP contribution in [0.5, 0.6) is 0 Å². The topological polar surface area (TPSA) is 60.5 Å². The molecular formula is C13H19N5. The molecule has 4 N–H and O–H groups in total. The summed E-state index contributed by atoms with van der Waals surface area (Å²) in [6.45, 7) is 7.04. The summed E-state index contributed by atoms with van der Waals surface area (Å²) >= 11 is 0. The molecule has 5 nitrogen and oxygen atoms in total. The molecule has 18 heavy (non-hydrogen) atoms. The second-order valence-corrected chi connectivity index (χ2v) is 4.87. The number of fused-ring (bicyclic) bond motifs is 1. The van der Waals surface area contributed by atoms with Crippen LogP contribution >= 0.6 is 0 Å². The zero-order valence-corrected chi connectivity index (χ0v) is 10.8. The van der Waals surface area contributed by atoms with E-state index in [4.69, 9.17) is 0 Å². The van der Waals surface area contributed by atoms with Gasteiger partial charge < -0.3 is 21.3 Å². The number of nitrogens with one attached hydrogen (secondary N) is 4. The maximum Gasteiger partial charge on any atom is 0.195 e. The van der Waals surface area contributed by atoms with Gasteiger partial charge in [0.15, 0.2) is 5.96 Å². The van der Waals surface area contributed by atoms with E-state index < -0.39 is 0 Å². The molecular weight excluding hydrogens is 226 g/mol. The van der Waals surface area contributed by atoms with E-state index >= 15 is 0 Å². The first-order valence-corrected chi connectivity index (χ1v) is 6.43. The highest BCUT2D eigenvalue weighted by Crippen LogP contribution is 2.34. The summed E-state index contributed by atoms with van der Waals surface area (Å²) in [7, 11) is 0. The minimum absolute atomic E-state index is 0.452. The molecule has 2 aliphatic rings. The van der Waals surface area contributed by atoms with Gasteiger partial charge in [-0.15, -0.1) is 0 Å². The average Bonchev–Trinajstić information content (AvgIpc) is 2.86. The predicted molar refractivity (Wildman–Crippen MR) is 76.7 cm³/mol. The van der Waals surface area contributed by atoms with E-state index in [0.717, 1.165) is 31.3 Å². The molecule has 3 rings (SSSR count). The molecule has 2 heterocycles. The summed E-state index contributed by atoms with van der Waals surface area (Å²) in [5, 5.41) is 13.5. The fourth-order valence-corrected chi connectivity index (χ4v) is 2.35. The Hall–Kier alpha value is -1.91. The van der Waals surface area contributed by atoms with Gasteiger partial charge in [0.05, 0.1) is 17.9 Å².